The van der Waals surface area contributed by atoms with Gasteiger partial charge in [0.1, 0.15) is 23.9 Å². The molecule has 0 aromatic heterocycles. The van der Waals surface area contributed by atoms with Gasteiger partial charge < -0.3 is 19.7 Å². The average Bonchev–Trinajstić information content (AvgIpc) is 3.05. The molecular formula is C25H27N3O6. The number of carbonyl (C=O) groups excluding carboxylic acids is 4. The van der Waals surface area contributed by atoms with Gasteiger partial charge in [0.2, 0.25) is 0 Å². The highest BCUT2D eigenvalue weighted by molar-refractivity contribution is 6.26. The van der Waals surface area contributed by atoms with Gasteiger partial charge in [0.25, 0.3) is 11.8 Å². The summed E-state index contributed by atoms with van der Waals surface area (Å²) >= 11 is 0. The molecule has 0 spiro atoms. The molecule has 0 radical (unpaired) electrons. The number of hydrogen-bond acceptors (Lipinski definition) is 8. The molecule has 4 rings (SSSR count). The van der Waals surface area contributed by atoms with E-state index in [2.05, 4.69) is 5.32 Å². The molecule has 1 unspecified atom stereocenters. The summed E-state index contributed by atoms with van der Waals surface area (Å²) < 4.78 is 11.3. The molecule has 9 nitrogen and oxygen atoms in total. The van der Waals surface area contributed by atoms with Gasteiger partial charge in [-0.3, -0.25) is 24.1 Å². The van der Waals surface area contributed by atoms with Crippen molar-refractivity contribution in [2.45, 2.75) is 25.3 Å². The molecular weight excluding hydrogens is 438 g/mol. The van der Waals surface area contributed by atoms with E-state index in [0.717, 1.165) is 11.4 Å². The van der Waals surface area contributed by atoms with E-state index in [0.29, 0.717) is 29.5 Å². The van der Waals surface area contributed by atoms with Crippen molar-refractivity contribution >= 4 is 34.8 Å². The first kappa shape index (κ1) is 23.4. The Morgan fingerprint density at radius 1 is 1.06 bits per heavy atom. The maximum Gasteiger partial charge on any atom is 0.264 e. The smallest absolute Gasteiger partial charge is 0.264 e. The average molecular weight is 466 g/mol. The van der Waals surface area contributed by atoms with Gasteiger partial charge in [-0.05, 0) is 44.8 Å². The van der Waals surface area contributed by atoms with E-state index in [1.807, 2.05) is 19.0 Å². The fourth-order valence-corrected chi connectivity index (χ4v) is 4.18. The largest absolute Gasteiger partial charge is 0.494 e. The summed E-state index contributed by atoms with van der Waals surface area (Å²) in [7, 11) is 5.46. The highest BCUT2D eigenvalue weighted by atomic mass is 16.5. The zero-order valence-corrected chi connectivity index (χ0v) is 19.4. The zero-order chi connectivity index (χ0) is 24.4. The minimum atomic E-state index is -0.911. The molecule has 1 fully saturated rings. The van der Waals surface area contributed by atoms with Crippen molar-refractivity contribution in [2.24, 2.45) is 0 Å². The number of Topliss-reactive ketones (excluding diaryl/α,β-unsaturated/α-hetero) is 2. The van der Waals surface area contributed by atoms with Crippen LogP contribution in [0, 0.1) is 0 Å². The van der Waals surface area contributed by atoms with E-state index >= 15 is 0 Å². The summed E-state index contributed by atoms with van der Waals surface area (Å²) in [6, 6.07) is 9.34. The Morgan fingerprint density at radius 3 is 2.56 bits per heavy atom. The number of nitrogens with zero attached hydrogens (tertiary/aromatic N) is 2. The summed E-state index contributed by atoms with van der Waals surface area (Å²) in [5.74, 6) is -0.473. The lowest BCUT2D eigenvalue weighted by Gasteiger charge is -2.27. The Kier molecular flexibility index (Phi) is 6.65. The van der Waals surface area contributed by atoms with Crippen LogP contribution in [0.1, 0.15) is 40.0 Å². The molecule has 34 heavy (non-hydrogen) atoms. The van der Waals surface area contributed by atoms with E-state index in [9.17, 15) is 19.2 Å². The van der Waals surface area contributed by atoms with E-state index in [4.69, 9.17) is 9.47 Å². The molecule has 0 bridgehead atoms. The lowest BCUT2D eigenvalue weighted by atomic mass is 9.92. The van der Waals surface area contributed by atoms with Gasteiger partial charge in [0.05, 0.1) is 42.1 Å². The predicted octanol–water partition coefficient (Wildman–Crippen LogP) is 2.67. The molecule has 2 aromatic carbocycles. The summed E-state index contributed by atoms with van der Waals surface area (Å²) in [5, 5.41) is 3.19. The summed E-state index contributed by atoms with van der Waals surface area (Å²) in [4.78, 5) is 53.4. The van der Waals surface area contributed by atoms with Crippen LogP contribution < -0.4 is 14.8 Å². The molecule has 178 valence electrons. The van der Waals surface area contributed by atoms with Crippen molar-refractivity contribution in [1.29, 1.82) is 0 Å². The van der Waals surface area contributed by atoms with Gasteiger partial charge in [-0.1, -0.05) is 6.07 Å². The monoisotopic (exact) mass is 465 g/mol. The summed E-state index contributed by atoms with van der Waals surface area (Å²) in [6.07, 6.45) is 0.0907. The summed E-state index contributed by atoms with van der Waals surface area (Å²) in [5.41, 5.74) is 1.44. The van der Waals surface area contributed by atoms with Gasteiger partial charge in [-0.2, -0.15) is 0 Å². The number of rotatable bonds is 8. The predicted molar refractivity (Wildman–Crippen MR) is 125 cm³/mol. The number of likely N-dealkylation sites (N-methyl/N-ethyl adjacent to an activating group) is 1. The molecule has 0 saturated heterocycles. The number of imide groups is 1. The Bertz CT molecular complexity index is 1160. The second-order valence-corrected chi connectivity index (χ2v) is 8.58. The number of hydrogen-bond donors (Lipinski definition) is 1. The third-order valence-corrected chi connectivity index (χ3v) is 5.95. The van der Waals surface area contributed by atoms with Gasteiger partial charge in [0.15, 0.2) is 5.78 Å². The van der Waals surface area contributed by atoms with E-state index in [1.54, 1.807) is 36.4 Å². The van der Waals surface area contributed by atoms with E-state index in [-0.39, 0.29) is 36.2 Å². The topological polar surface area (TPSA) is 105 Å². The molecule has 1 atom stereocenters. The van der Waals surface area contributed by atoms with Crippen LogP contribution in [-0.2, 0) is 9.59 Å². The molecule has 1 aliphatic carbocycles. The van der Waals surface area contributed by atoms with Crippen LogP contribution in [0.3, 0.4) is 0 Å². The molecule has 2 aromatic rings. The molecule has 2 amide bonds. The van der Waals surface area contributed by atoms with E-state index in [1.165, 1.54) is 7.11 Å². The van der Waals surface area contributed by atoms with Gasteiger partial charge in [-0.25, -0.2) is 0 Å². The Labute approximate surface area is 197 Å². The van der Waals surface area contributed by atoms with Crippen LogP contribution >= 0.6 is 0 Å². The Hall–Kier alpha value is -3.72. The quantitative estimate of drug-likeness (QED) is 0.469. The van der Waals surface area contributed by atoms with Gasteiger partial charge in [-0.15, -0.1) is 0 Å². The van der Waals surface area contributed by atoms with Crippen LogP contribution in [0.15, 0.2) is 36.4 Å². The second kappa shape index (κ2) is 9.64. The SMILES string of the molecule is COc1cc(OCCN(C)C)ccc1Nc1cccc2c1C(=O)N(C1CCC(=O)CC1=O)C2=O. The molecule has 2 aliphatic rings. The van der Waals surface area contributed by atoms with Crippen LogP contribution in [0.4, 0.5) is 11.4 Å². The first-order valence-corrected chi connectivity index (χ1v) is 11.1. The zero-order valence-electron chi connectivity index (χ0n) is 19.4. The molecule has 1 heterocycles. The van der Waals surface area contributed by atoms with Crippen molar-refractivity contribution < 1.29 is 28.7 Å². The number of benzene rings is 2. The highest BCUT2D eigenvalue weighted by Crippen LogP contribution is 2.37. The first-order chi connectivity index (χ1) is 16.3. The van der Waals surface area contributed by atoms with Crippen molar-refractivity contribution in [3.63, 3.8) is 0 Å². The number of carbonyl (C=O) groups is 4. The Morgan fingerprint density at radius 2 is 1.85 bits per heavy atom. The standard InChI is InChI=1S/C25H27N3O6/c1-27(2)11-12-34-16-8-9-18(22(14-16)33-3)26-19-6-4-5-17-23(19)25(32)28(24(17)31)20-10-7-15(29)13-21(20)30/h4-6,8-9,14,20,26H,7,10-13H2,1-3H3. The first-order valence-electron chi connectivity index (χ1n) is 11.1. The maximum absolute atomic E-state index is 13.3. The molecule has 9 heteroatoms. The molecule has 1 saturated carbocycles. The van der Waals surface area contributed by atoms with Crippen molar-refractivity contribution in [3.8, 4) is 11.5 Å². The van der Waals surface area contributed by atoms with Crippen molar-refractivity contribution in [1.82, 2.24) is 9.80 Å². The molecule has 1 N–H and O–H groups in total. The Balaban J connectivity index is 1.59. The number of nitrogens with one attached hydrogen (secondary N) is 1. The number of amides is 2. The van der Waals surface area contributed by atoms with Gasteiger partial charge >= 0.3 is 0 Å². The normalized spacial score (nSPS) is 17.9. The fourth-order valence-electron chi connectivity index (χ4n) is 4.18. The second-order valence-electron chi connectivity index (χ2n) is 8.58. The summed E-state index contributed by atoms with van der Waals surface area (Å²) in [6.45, 7) is 1.29. The van der Waals surface area contributed by atoms with Crippen molar-refractivity contribution in [3.05, 3.63) is 47.5 Å². The minimum Gasteiger partial charge on any atom is -0.494 e. The van der Waals surface area contributed by atoms with Crippen LogP contribution in [0.2, 0.25) is 0 Å². The number of ketones is 2. The van der Waals surface area contributed by atoms with Crippen LogP contribution in [-0.4, -0.2) is 73.6 Å². The number of methoxy groups -OCH3 is 1. The number of anilines is 2. The third-order valence-electron chi connectivity index (χ3n) is 5.95. The molecule has 1 aliphatic heterocycles. The minimum absolute atomic E-state index is 0.162. The lowest BCUT2D eigenvalue weighted by molar-refractivity contribution is -0.132. The van der Waals surface area contributed by atoms with Crippen molar-refractivity contribution in [2.75, 3.05) is 39.7 Å². The number of ether oxygens (including phenoxy) is 2. The fraction of sp³-hybridized carbons (Fsp3) is 0.360. The van der Waals surface area contributed by atoms with Crippen LogP contribution in [0.5, 0.6) is 11.5 Å². The highest BCUT2D eigenvalue weighted by Gasteiger charge is 2.45. The number of fused-ring (bicyclic) bond motifs is 1. The lowest BCUT2D eigenvalue weighted by Crippen LogP contribution is -2.47. The third kappa shape index (κ3) is 4.51. The maximum atomic E-state index is 13.3. The van der Waals surface area contributed by atoms with Crippen LogP contribution in [0.25, 0.3) is 0 Å². The van der Waals surface area contributed by atoms with E-state index < -0.39 is 23.6 Å². The van der Waals surface area contributed by atoms with Gasteiger partial charge in [0, 0.05) is 19.0 Å².